The van der Waals surface area contributed by atoms with Crippen LogP contribution in [-0.2, 0) is 17.8 Å². The third-order valence-electron chi connectivity index (χ3n) is 7.22. The van der Waals surface area contributed by atoms with E-state index in [0.717, 1.165) is 43.8 Å². The first kappa shape index (κ1) is 30.1. The zero-order valence-corrected chi connectivity index (χ0v) is 24.4. The van der Waals surface area contributed by atoms with Gasteiger partial charge in [-0.2, -0.15) is 0 Å². The van der Waals surface area contributed by atoms with Crippen molar-refractivity contribution in [2.45, 2.75) is 44.9 Å². The summed E-state index contributed by atoms with van der Waals surface area (Å²) >= 11 is -1.24. The van der Waals surface area contributed by atoms with Gasteiger partial charge in [-0.15, -0.1) is 4.72 Å². The molecule has 1 aromatic heterocycles. The number of hydrogen-bond donors (Lipinski definition) is 4. The number of rotatable bonds is 12. The van der Waals surface area contributed by atoms with Gasteiger partial charge in [-0.05, 0) is 73.5 Å². The third kappa shape index (κ3) is 7.86. The zero-order chi connectivity index (χ0) is 28.8. The number of H-pyrrole nitrogens is 1. The lowest BCUT2D eigenvalue weighted by molar-refractivity contribution is 0.101. The Morgan fingerprint density at radius 1 is 1.30 bits per heavy atom. The quantitative estimate of drug-likeness (QED) is 0.112. The van der Waals surface area contributed by atoms with Crippen LogP contribution in [0.2, 0.25) is 0 Å². The lowest BCUT2D eigenvalue weighted by Gasteiger charge is -2.34. The first-order chi connectivity index (χ1) is 19.1. The van der Waals surface area contributed by atoms with Crippen LogP contribution >= 0.6 is 0 Å². The molecule has 1 aliphatic heterocycles. The van der Waals surface area contributed by atoms with E-state index < -0.39 is 17.2 Å². The van der Waals surface area contributed by atoms with E-state index in [9.17, 15) is 13.7 Å². The Labute approximate surface area is 239 Å². The van der Waals surface area contributed by atoms with Gasteiger partial charge in [0, 0.05) is 49.2 Å². The summed E-state index contributed by atoms with van der Waals surface area (Å²) in [6, 6.07) is 12.3. The average Bonchev–Trinajstić information content (AvgIpc) is 3.28. The van der Waals surface area contributed by atoms with E-state index in [-0.39, 0.29) is 5.78 Å². The summed E-state index contributed by atoms with van der Waals surface area (Å²) in [6.07, 6.45) is 4.73. The molecule has 1 fully saturated rings. The predicted molar refractivity (Wildman–Crippen MR) is 160 cm³/mol. The van der Waals surface area contributed by atoms with Crippen molar-refractivity contribution in [3.8, 4) is 0 Å². The standard InChI is InChI=1S/C30H41FN6O2S/c1-20(2)15-22-6-9-25(10-7-22)40(39)34-12-14-36-13-4-5-23(17-36)18-37(33)19-27(32)29-26-16-24(31)8-11-28(26)35-30(29)21(3)38/h6-11,16,19-20,23,34-35H,4-5,12-15,17-18,32-33H2,1-3H3/b27-19-/t23-,40?/m0/s1. The van der Waals surface area contributed by atoms with Crippen molar-refractivity contribution in [2.24, 2.45) is 23.4 Å². The fraction of sp³-hybridized carbons (Fsp3) is 0.433. The van der Waals surface area contributed by atoms with Crippen LogP contribution in [0.1, 0.15) is 55.2 Å². The number of aromatic nitrogens is 1. The van der Waals surface area contributed by atoms with Gasteiger partial charge in [-0.3, -0.25) is 4.79 Å². The second-order valence-electron chi connectivity index (χ2n) is 11.1. The molecule has 2 aromatic carbocycles. The number of likely N-dealkylation sites (tertiary alicyclic amines) is 1. The van der Waals surface area contributed by atoms with Crippen LogP contribution in [0.15, 0.2) is 53.6 Å². The lowest BCUT2D eigenvalue weighted by atomic mass is 9.98. The highest BCUT2D eigenvalue weighted by atomic mass is 32.2. The fourth-order valence-electron chi connectivity index (χ4n) is 5.43. The Morgan fingerprint density at radius 3 is 2.75 bits per heavy atom. The fourth-order valence-corrected chi connectivity index (χ4v) is 6.25. The number of nitrogens with zero attached hydrogens (tertiary/aromatic N) is 2. The second kappa shape index (κ2) is 13.6. The highest BCUT2D eigenvalue weighted by Gasteiger charge is 2.23. The van der Waals surface area contributed by atoms with E-state index >= 15 is 0 Å². The Kier molecular flexibility index (Phi) is 10.3. The minimum Gasteiger partial charge on any atom is -0.593 e. The molecule has 6 N–H and O–H groups in total. The number of fused-ring (bicyclic) bond motifs is 1. The highest BCUT2D eigenvalue weighted by molar-refractivity contribution is 7.89. The molecule has 0 aliphatic carbocycles. The Balaban J connectivity index is 1.30. The van der Waals surface area contributed by atoms with E-state index in [1.165, 1.54) is 24.6 Å². The number of nitrogens with two attached hydrogens (primary N) is 2. The molecule has 40 heavy (non-hydrogen) atoms. The van der Waals surface area contributed by atoms with E-state index in [2.05, 4.69) is 40.6 Å². The van der Waals surface area contributed by atoms with Gasteiger partial charge in [-0.25, -0.2) is 10.2 Å². The van der Waals surface area contributed by atoms with Gasteiger partial charge < -0.3 is 25.2 Å². The number of nitrogens with one attached hydrogen (secondary N) is 2. The topological polar surface area (TPSA) is 126 Å². The molecule has 216 valence electrons. The van der Waals surface area contributed by atoms with Gasteiger partial charge in [0.05, 0.1) is 29.3 Å². The summed E-state index contributed by atoms with van der Waals surface area (Å²) in [5, 5.41) is 2.11. The van der Waals surface area contributed by atoms with Crippen LogP contribution in [0, 0.1) is 17.7 Å². The van der Waals surface area contributed by atoms with Crippen molar-refractivity contribution in [2.75, 3.05) is 32.7 Å². The molecule has 0 saturated carbocycles. The second-order valence-corrected chi connectivity index (χ2v) is 12.4. The molecule has 3 aromatic rings. The molecular formula is C30H41FN6O2S. The maximum absolute atomic E-state index is 13.9. The molecule has 2 atom stereocenters. The number of piperidine rings is 1. The Hall–Kier alpha value is -2.89. The first-order valence-electron chi connectivity index (χ1n) is 13.9. The Bertz CT molecular complexity index is 1330. The van der Waals surface area contributed by atoms with Gasteiger partial charge in [0.1, 0.15) is 5.82 Å². The molecule has 1 unspecified atom stereocenters. The number of hydrogen-bond acceptors (Lipinski definition) is 7. The van der Waals surface area contributed by atoms with E-state index in [4.69, 9.17) is 11.6 Å². The van der Waals surface area contributed by atoms with E-state index in [0.29, 0.717) is 52.8 Å². The smallest absolute Gasteiger partial charge is 0.176 e. The molecule has 2 heterocycles. The molecule has 0 amide bonds. The average molecular weight is 569 g/mol. The van der Waals surface area contributed by atoms with Crippen LogP contribution < -0.4 is 16.3 Å². The summed E-state index contributed by atoms with van der Waals surface area (Å²) in [5.41, 5.74) is 9.41. The van der Waals surface area contributed by atoms with Crippen molar-refractivity contribution >= 4 is 33.7 Å². The number of benzene rings is 2. The predicted octanol–water partition coefficient (Wildman–Crippen LogP) is 4.17. The summed E-state index contributed by atoms with van der Waals surface area (Å²) in [6.45, 7) is 9.69. The number of Topliss-reactive ketones (excluding diaryl/α,β-unsaturated/α-hetero) is 1. The van der Waals surface area contributed by atoms with Crippen LogP contribution in [-0.4, -0.2) is 58.0 Å². The molecule has 0 spiro atoms. The molecule has 1 aliphatic rings. The zero-order valence-electron chi connectivity index (χ0n) is 23.6. The van der Waals surface area contributed by atoms with Gasteiger partial charge in [0.2, 0.25) is 0 Å². The molecule has 1 saturated heterocycles. The molecule has 8 nitrogen and oxygen atoms in total. The summed E-state index contributed by atoms with van der Waals surface area (Å²) < 4.78 is 29.8. The Morgan fingerprint density at radius 2 is 2.05 bits per heavy atom. The number of hydrazine groups is 1. The van der Waals surface area contributed by atoms with Crippen LogP contribution in [0.25, 0.3) is 16.6 Å². The number of carbonyl (C=O) groups is 1. The lowest BCUT2D eigenvalue weighted by Crippen LogP contribution is -2.44. The minimum absolute atomic E-state index is 0.188. The van der Waals surface area contributed by atoms with Crippen molar-refractivity contribution in [3.63, 3.8) is 0 Å². The van der Waals surface area contributed by atoms with Gasteiger partial charge in [0.15, 0.2) is 10.7 Å². The van der Waals surface area contributed by atoms with E-state index in [1.54, 1.807) is 17.3 Å². The molecular weight excluding hydrogens is 527 g/mol. The summed E-state index contributed by atoms with van der Waals surface area (Å²) in [4.78, 5) is 18.4. The number of carbonyl (C=O) groups excluding carboxylic acids is 1. The van der Waals surface area contributed by atoms with Crippen molar-refractivity contribution in [1.82, 2.24) is 19.6 Å². The monoisotopic (exact) mass is 568 g/mol. The summed E-state index contributed by atoms with van der Waals surface area (Å²) in [7, 11) is 0. The number of ketones is 1. The highest BCUT2D eigenvalue weighted by Crippen LogP contribution is 2.28. The van der Waals surface area contributed by atoms with Crippen molar-refractivity contribution < 1.29 is 13.7 Å². The van der Waals surface area contributed by atoms with Crippen LogP contribution in [0.3, 0.4) is 0 Å². The third-order valence-corrected chi connectivity index (χ3v) is 8.39. The van der Waals surface area contributed by atoms with E-state index in [1.807, 2.05) is 12.1 Å². The van der Waals surface area contributed by atoms with Crippen LogP contribution in [0.4, 0.5) is 4.39 Å². The summed E-state index contributed by atoms with van der Waals surface area (Å²) in [5.74, 6) is 6.66. The normalized spacial score (nSPS) is 17.5. The maximum Gasteiger partial charge on any atom is 0.176 e. The van der Waals surface area contributed by atoms with Crippen molar-refractivity contribution in [3.05, 3.63) is 71.3 Å². The molecule has 0 radical (unpaired) electrons. The largest absolute Gasteiger partial charge is 0.593 e. The van der Waals surface area contributed by atoms with Gasteiger partial charge in [0.25, 0.3) is 0 Å². The number of aromatic amines is 1. The van der Waals surface area contributed by atoms with Crippen molar-refractivity contribution in [1.29, 1.82) is 0 Å². The van der Waals surface area contributed by atoms with Gasteiger partial charge in [-0.1, -0.05) is 26.0 Å². The SMILES string of the molecule is CC(=O)c1[nH]c2ccc(F)cc2c1/C(N)=C/N(N)C[C@H]1CCCN(CCN[S+]([O-])c2ccc(CC(C)C)cc2)C1. The molecule has 0 bridgehead atoms. The minimum atomic E-state index is -1.24. The van der Waals surface area contributed by atoms with Gasteiger partial charge >= 0.3 is 0 Å². The number of halogens is 1. The maximum atomic E-state index is 13.9. The molecule has 10 heteroatoms. The first-order valence-corrected chi connectivity index (χ1v) is 15.0. The van der Waals surface area contributed by atoms with Crippen LogP contribution in [0.5, 0.6) is 0 Å². The molecule has 4 rings (SSSR count).